The number of aryl methyl sites for hydroxylation is 2. The first kappa shape index (κ1) is 13.9. The monoisotopic (exact) mass is 266 g/mol. The van der Waals surface area contributed by atoms with E-state index in [1.807, 2.05) is 13.8 Å². The van der Waals surface area contributed by atoms with Crippen molar-refractivity contribution in [1.82, 2.24) is 10.5 Å². The molecule has 0 radical (unpaired) electrons. The highest BCUT2D eigenvalue weighted by Gasteiger charge is 2.14. The molecule has 0 saturated carbocycles. The lowest BCUT2D eigenvalue weighted by molar-refractivity contribution is 0.118. The van der Waals surface area contributed by atoms with E-state index in [1.165, 1.54) is 0 Å². The second kappa shape index (κ2) is 6.56. The van der Waals surface area contributed by atoms with Gasteiger partial charge in [-0.05, 0) is 33.1 Å². The van der Waals surface area contributed by atoms with Crippen molar-refractivity contribution in [3.05, 3.63) is 17.0 Å². The highest BCUT2D eigenvalue weighted by molar-refractivity contribution is 5.77. The van der Waals surface area contributed by atoms with Crippen molar-refractivity contribution in [2.24, 2.45) is 10.7 Å². The van der Waals surface area contributed by atoms with E-state index in [1.54, 1.807) is 0 Å². The smallest absolute Gasteiger partial charge is 0.188 e. The number of nitrogens with two attached hydrogens (primary N) is 1. The molecule has 1 aromatic rings. The zero-order chi connectivity index (χ0) is 13.7. The van der Waals surface area contributed by atoms with Gasteiger partial charge in [0.25, 0.3) is 0 Å². The molecule has 1 fully saturated rings. The summed E-state index contributed by atoms with van der Waals surface area (Å²) in [6.07, 6.45) is 3.27. The van der Waals surface area contributed by atoms with Crippen LogP contribution in [-0.4, -0.2) is 36.9 Å². The lowest BCUT2D eigenvalue weighted by Gasteiger charge is -2.08. The molecule has 2 rings (SSSR count). The van der Waals surface area contributed by atoms with Crippen LogP contribution in [0, 0.1) is 13.8 Å². The highest BCUT2D eigenvalue weighted by Crippen LogP contribution is 2.12. The maximum atomic E-state index is 5.81. The average molecular weight is 266 g/mol. The Kier molecular flexibility index (Phi) is 4.79. The molecule has 106 valence electrons. The fourth-order valence-corrected chi connectivity index (χ4v) is 2.22. The van der Waals surface area contributed by atoms with Gasteiger partial charge in [0.1, 0.15) is 5.76 Å². The molecule has 1 aliphatic rings. The van der Waals surface area contributed by atoms with Gasteiger partial charge in [0.2, 0.25) is 0 Å². The Labute approximate surface area is 113 Å². The number of nitrogens with one attached hydrogen (secondary N) is 1. The summed E-state index contributed by atoms with van der Waals surface area (Å²) in [7, 11) is 0. The molecule has 3 N–H and O–H groups in total. The van der Waals surface area contributed by atoms with Crippen molar-refractivity contribution in [3.8, 4) is 0 Å². The van der Waals surface area contributed by atoms with Crippen molar-refractivity contribution < 1.29 is 9.26 Å². The average Bonchev–Trinajstić information content (AvgIpc) is 3.00. The molecular weight excluding hydrogens is 244 g/mol. The third kappa shape index (κ3) is 3.96. The fraction of sp³-hybridized carbons (Fsp3) is 0.692. The Morgan fingerprint density at radius 3 is 3.00 bits per heavy atom. The Morgan fingerprint density at radius 1 is 1.53 bits per heavy atom. The Hall–Kier alpha value is -1.56. The maximum absolute atomic E-state index is 5.81. The van der Waals surface area contributed by atoms with Crippen LogP contribution in [0.15, 0.2) is 9.52 Å². The molecule has 0 aliphatic carbocycles. The van der Waals surface area contributed by atoms with Crippen LogP contribution in [0.1, 0.15) is 29.9 Å². The molecule has 1 atom stereocenters. The van der Waals surface area contributed by atoms with Crippen LogP contribution in [0.4, 0.5) is 0 Å². The van der Waals surface area contributed by atoms with E-state index in [4.69, 9.17) is 15.0 Å². The quantitative estimate of drug-likeness (QED) is 0.611. The number of aliphatic imine (C=N–C) groups is 1. The molecule has 0 spiro atoms. The number of guanidine groups is 1. The number of ether oxygens (including phenoxy) is 1. The molecule has 0 bridgehead atoms. The largest absolute Gasteiger partial charge is 0.376 e. The van der Waals surface area contributed by atoms with Crippen molar-refractivity contribution in [2.75, 3.05) is 19.7 Å². The minimum absolute atomic E-state index is 0.239. The van der Waals surface area contributed by atoms with Gasteiger partial charge in [-0.3, -0.25) is 4.99 Å². The van der Waals surface area contributed by atoms with Gasteiger partial charge >= 0.3 is 0 Å². The lowest BCUT2D eigenvalue weighted by Crippen LogP contribution is -2.34. The van der Waals surface area contributed by atoms with E-state index in [0.29, 0.717) is 12.5 Å². The first-order valence-electron chi connectivity index (χ1n) is 6.74. The standard InChI is InChI=1S/C13H22N4O2/c1-9-12(10(2)19-17-9)5-6-15-13(14)16-8-11-4-3-7-18-11/h11H,3-8H2,1-2H3,(H3,14,15,16). The third-order valence-electron chi connectivity index (χ3n) is 3.35. The summed E-state index contributed by atoms with van der Waals surface area (Å²) >= 11 is 0. The molecule has 6 heteroatoms. The fourth-order valence-electron chi connectivity index (χ4n) is 2.22. The van der Waals surface area contributed by atoms with E-state index in [2.05, 4.69) is 15.5 Å². The van der Waals surface area contributed by atoms with Gasteiger partial charge < -0.3 is 20.3 Å². The molecule has 1 saturated heterocycles. The molecular formula is C13H22N4O2. The molecule has 1 unspecified atom stereocenters. The van der Waals surface area contributed by atoms with Gasteiger partial charge in [-0.15, -0.1) is 0 Å². The van der Waals surface area contributed by atoms with Crippen molar-refractivity contribution in [1.29, 1.82) is 0 Å². The van der Waals surface area contributed by atoms with Crippen LogP contribution in [0.25, 0.3) is 0 Å². The molecule has 0 amide bonds. The van der Waals surface area contributed by atoms with Crippen LogP contribution < -0.4 is 11.1 Å². The summed E-state index contributed by atoms with van der Waals surface area (Å²) in [6.45, 7) is 6.08. The minimum atomic E-state index is 0.239. The normalized spacial score (nSPS) is 19.9. The van der Waals surface area contributed by atoms with Crippen LogP contribution in [0.3, 0.4) is 0 Å². The lowest BCUT2D eigenvalue weighted by atomic mass is 10.1. The van der Waals surface area contributed by atoms with Crippen molar-refractivity contribution in [3.63, 3.8) is 0 Å². The zero-order valence-electron chi connectivity index (χ0n) is 11.6. The number of nitrogens with zero attached hydrogens (tertiary/aromatic N) is 2. The minimum Gasteiger partial charge on any atom is -0.376 e. The van der Waals surface area contributed by atoms with Crippen molar-refractivity contribution in [2.45, 2.75) is 39.2 Å². The van der Waals surface area contributed by atoms with Crippen LogP contribution in [-0.2, 0) is 11.2 Å². The Bertz CT molecular complexity index is 416. The van der Waals surface area contributed by atoms with Gasteiger partial charge in [-0.2, -0.15) is 0 Å². The number of hydrogen-bond donors (Lipinski definition) is 2. The van der Waals surface area contributed by atoms with E-state index < -0.39 is 0 Å². The number of rotatable bonds is 5. The summed E-state index contributed by atoms with van der Waals surface area (Å²) in [6, 6.07) is 0. The molecule has 6 nitrogen and oxygen atoms in total. The van der Waals surface area contributed by atoms with E-state index in [9.17, 15) is 0 Å². The molecule has 19 heavy (non-hydrogen) atoms. The van der Waals surface area contributed by atoms with E-state index >= 15 is 0 Å². The summed E-state index contributed by atoms with van der Waals surface area (Å²) in [5.74, 6) is 1.34. The number of aromatic nitrogens is 1. The van der Waals surface area contributed by atoms with Gasteiger partial charge in [-0.1, -0.05) is 5.16 Å². The first-order valence-corrected chi connectivity index (χ1v) is 6.74. The summed E-state index contributed by atoms with van der Waals surface area (Å²) in [5, 5.41) is 7.02. The predicted octanol–water partition coefficient (Wildman–Crippen LogP) is 0.917. The summed E-state index contributed by atoms with van der Waals surface area (Å²) in [5.41, 5.74) is 7.89. The second-order valence-electron chi connectivity index (χ2n) is 4.84. The highest BCUT2D eigenvalue weighted by atomic mass is 16.5. The van der Waals surface area contributed by atoms with Crippen LogP contribution in [0.2, 0.25) is 0 Å². The summed E-state index contributed by atoms with van der Waals surface area (Å²) < 4.78 is 10.6. The number of hydrogen-bond acceptors (Lipinski definition) is 4. The Morgan fingerprint density at radius 2 is 2.37 bits per heavy atom. The van der Waals surface area contributed by atoms with E-state index in [-0.39, 0.29) is 6.10 Å². The molecule has 1 aromatic heterocycles. The molecule has 1 aliphatic heterocycles. The van der Waals surface area contributed by atoms with Gasteiger partial charge in [0.05, 0.1) is 18.3 Å². The maximum Gasteiger partial charge on any atom is 0.188 e. The predicted molar refractivity (Wildman–Crippen MR) is 73.1 cm³/mol. The summed E-state index contributed by atoms with van der Waals surface area (Å²) in [4.78, 5) is 4.29. The zero-order valence-corrected chi connectivity index (χ0v) is 11.6. The second-order valence-corrected chi connectivity index (χ2v) is 4.84. The van der Waals surface area contributed by atoms with Crippen molar-refractivity contribution >= 4 is 5.96 Å². The molecule has 2 heterocycles. The van der Waals surface area contributed by atoms with Crippen LogP contribution >= 0.6 is 0 Å². The van der Waals surface area contributed by atoms with E-state index in [0.717, 1.165) is 49.4 Å². The van der Waals surface area contributed by atoms with Crippen LogP contribution in [0.5, 0.6) is 0 Å². The Balaban J connectivity index is 1.71. The topological polar surface area (TPSA) is 85.7 Å². The third-order valence-corrected chi connectivity index (χ3v) is 3.35. The first-order chi connectivity index (χ1) is 9.16. The van der Waals surface area contributed by atoms with Gasteiger partial charge in [0.15, 0.2) is 5.96 Å². The van der Waals surface area contributed by atoms with Gasteiger partial charge in [-0.25, -0.2) is 0 Å². The van der Waals surface area contributed by atoms with Gasteiger partial charge in [0, 0.05) is 18.7 Å². The molecule has 0 aromatic carbocycles. The SMILES string of the molecule is Cc1noc(C)c1CCNC(N)=NCC1CCCO1.